The second-order valence-electron chi connectivity index (χ2n) is 5.08. The van der Waals surface area contributed by atoms with Gasteiger partial charge in [-0.05, 0) is 55.0 Å². The molecule has 0 atom stereocenters. The molecule has 0 unspecified atom stereocenters. The van der Waals surface area contributed by atoms with E-state index in [1.807, 2.05) is 0 Å². The zero-order valence-electron chi connectivity index (χ0n) is 13.7. The predicted molar refractivity (Wildman–Crippen MR) is 94.7 cm³/mol. The molecular formula is C18H19F2NO3S. The summed E-state index contributed by atoms with van der Waals surface area (Å²) in [5.41, 5.74) is 0.583. The Bertz CT molecular complexity index is 663. The molecule has 0 saturated heterocycles. The Balaban J connectivity index is 1.67. The highest BCUT2D eigenvalue weighted by molar-refractivity contribution is 7.99. The third-order valence-corrected chi connectivity index (χ3v) is 3.96. The van der Waals surface area contributed by atoms with Crippen LogP contribution < -0.4 is 14.8 Å². The molecule has 0 aromatic heterocycles. The van der Waals surface area contributed by atoms with Crippen LogP contribution in [-0.2, 0) is 4.79 Å². The minimum Gasteiger partial charge on any atom is -0.497 e. The van der Waals surface area contributed by atoms with Gasteiger partial charge in [-0.25, -0.2) is 0 Å². The molecule has 2 rings (SSSR count). The van der Waals surface area contributed by atoms with E-state index in [-0.39, 0.29) is 5.91 Å². The lowest BCUT2D eigenvalue weighted by atomic mass is 10.2. The molecule has 1 N–H and O–H groups in total. The molecule has 4 nitrogen and oxygen atoms in total. The Hall–Kier alpha value is -2.28. The van der Waals surface area contributed by atoms with Gasteiger partial charge in [0.1, 0.15) is 11.5 Å². The fraction of sp³-hybridized carbons (Fsp3) is 0.278. The Labute approximate surface area is 149 Å². The van der Waals surface area contributed by atoms with Crippen molar-refractivity contribution in [3.63, 3.8) is 0 Å². The van der Waals surface area contributed by atoms with Gasteiger partial charge in [-0.15, -0.1) is 0 Å². The van der Waals surface area contributed by atoms with E-state index in [2.05, 4.69) is 5.32 Å². The zero-order valence-corrected chi connectivity index (χ0v) is 14.5. The Morgan fingerprint density at radius 3 is 2.32 bits per heavy atom. The van der Waals surface area contributed by atoms with Gasteiger partial charge in [-0.3, -0.25) is 4.79 Å². The van der Waals surface area contributed by atoms with Crippen molar-refractivity contribution >= 4 is 23.4 Å². The highest BCUT2D eigenvalue weighted by Crippen LogP contribution is 2.26. The Kier molecular flexibility index (Phi) is 7.53. The largest absolute Gasteiger partial charge is 0.497 e. The first kappa shape index (κ1) is 19.1. The third kappa shape index (κ3) is 7.01. The van der Waals surface area contributed by atoms with Gasteiger partial charge in [0.05, 0.1) is 13.7 Å². The number of carbonyl (C=O) groups is 1. The summed E-state index contributed by atoms with van der Waals surface area (Å²) in [7, 11) is 1.60. The average molecular weight is 367 g/mol. The van der Waals surface area contributed by atoms with Crippen molar-refractivity contribution in [2.75, 3.05) is 19.0 Å². The minimum absolute atomic E-state index is 0.146. The number of rotatable bonds is 9. The van der Waals surface area contributed by atoms with Crippen LogP contribution >= 0.6 is 11.8 Å². The summed E-state index contributed by atoms with van der Waals surface area (Å²) in [5.74, 6) is -1.13. The molecule has 0 fully saturated rings. The third-order valence-electron chi connectivity index (χ3n) is 3.24. The molecule has 7 heteroatoms. The Morgan fingerprint density at radius 1 is 1.08 bits per heavy atom. The summed E-state index contributed by atoms with van der Waals surface area (Å²) >= 11 is 0.473. The molecule has 0 radical (unpaired) electrons. The quantitative estimate of drug-likeness (QED) is 0.510. The maximum absolute atomic E-state index is 12.2. The van der Waals surface area contributed by atoms with E-state index in [1.165, 1.54) is 0 Å². The second kappa shape index (κ2) is 9.88. The number of nitrogens with one attached hydrogen (secondary N) is 1. The average Bonchev–Trinajstić information content (AvgIpc) is 2.60. The standard InChI is InChI=1S/C18H19F2NO3S/c1-23-14-6-8-15(9-7-14)24-12-2-3-17(22)21-13-4-10-16(11-5-13)25-18(19)20/h4-11,18H,2-3,12H2,1H3,(H,21,22). The van der Waals surface area contributed by atoms with E-state index < -0.39 is 5.76 Å². The molecule has 2 aromatic rings. The van der Waals surface area contributed by atoms with Crippen LogP contribution in [0.1, 0.15) is 12.8 Å². The molecule has 0 saturated carbocycles. The van der Waals surface area contributed by atoms with Crippen molar-refractivity contribution in [2.45, 2.75) is 23.5 Å². The SMILES string of the molecule is COc1ccc(OCCCC(=O)Nc2ccc(SC(F)F)cc2)cc1. The number of alkyl halides is 2. The van der Waals surface area contributed by atoms with E-state index >= 15 is 0 Å². The summed E-state index contributed by atoms with van der Waals surface area (Å²) < 4.78 is 35.1. The highest BCUT2D eigenvalue weighted by atomic mass is 32.2. The lowest BCUT2D eigenvalue weighted by molar-refractivity contribution is -0.116. The predicted octanol–water partition coefficient (Wildman–Crippen LogP) is 4.81. The van der Waals surface area contributed by atoms with Gasteiger partial charge in [-0.1, -0.05) is 11.8 Å². The molecular weight excluding hydrogens is 348 g/mol. The van der Waals surface area contributed by atoms with Crippen LogP contribution in [0.15, 0.2) is 53.4 Å². The van der Waals surface area contributed by atoms with Gasteiger partial charge in [0.15, 0.2) is 0 Å². The number of hydrogen-bond acceptors (Lipinski definition) is 4. The monoisotopic (exact) mass is 367 g/mol. The molecule has 0 heterocycles. The first-order chi connectivity index (χ1) is 12.1. The normalized spacial score (nSPS) is 10.6. The number of halogens is 2. The number of methoxy groups -OCH3 is 1. The molecule has 134 valence electrons. The number of thioether (sulfide) groups is 1. The maximum atomic E-state index is 12.2. The maximum Gasteiger partial charge on any atom is 0.288 e. The summed E-state index contributed by atoms with van der Waals surface area (Å²) in [4.78, 5) is 12.3. The molecule has 1 amide bonds. The summed E-state index contributed by atoms with van der Waals surface area (Å²) in [6.07, 6.45) is 0.876. The second-order valence-corrected chi connectivity index (χ2v) is 6.14. The molecule has 25 heavy (non-hydrogen) atoms. The van der Waals surface area contributed by atoms with Crippen molar-refractivity contribution in [1.29, 1.82) is 0 Å². The molecule has 0 aliphatic carbocycles. The minimum atomic E-state index is -2.45. The van der Waals surface area contributed by atoms with Gasteiger partial charge >= 0.3 is 0 Å². The fourth-order valence-electron chi connectivity index (χ4n) is 2.04. The van der Waals surface area contributed by atoms with Crippen molar-refractivity contribution in [2.24, 2.45) is 0 Å². The molecule has 0 aliphatic rings. The zero-order chi connectivity index (χ0) is 18.1. The smallest absolute Gasteiger partial charge is 0.288 e. The van der Waals surface area contributed by atoms with Crippen molar-refractivity contribution in [3.05, 3.63) is 48.5 Å². The van der Waals surface area contributed by atoms with Gasteiger partial charge in [0.25, 0.3) is 5.76 Å². The van der Waals surface area contributed by atoms with Crippen LogP contribution in [0.25, 0.3) is 0 Å². The van der Waals surface area contributed by atoms with Crippen LogP contribution in [0.2, 0.25) is 0 Å². The lowest BCUT2D eigenvalue weighted by Gasteiger charge is -2.08. The molecule has 2 aromatic carbocycles. The van der Waals surface area contributed by atoms with E-state index in [0.29, 0.717) is 47.5 Å². The van der Waals surface area contributed by atoms with Crippen molar-refractivity contribution in [3.8, 4) is 11.5 Å². The van der Waals surface area contributed by atoms with Crippen molar-refractivity contribution in [1.82, 2.24) is 0 Å². The lowest BCUT2D eigenvalue weighted by Crippen LogP contribution is -2.12. The topological polar surface area (TPSA) is 47.6 Å². The van der Waals surface area contributed by atoms with E-state index in [0.717, 1.165) is 5.75 Å². The first-order valence-electron chi connectivity index (χ1n) is 7.68. The Morgan fingerprint density at radius 2 is 1.72 bits per heavy atom. The summed E-state index contributed by atoms with van der Waals surface area (Å²) in [5, 5.41) is 2.73. The van der Waals surface area contributed by atoms with Gasteiger partial charge in [-0.2, -0.15) is 8.78 Å². The summed E-state index contributed by atoms with van der Waals surface area (Å²) in [6, 6.07) is 13.5. The summed E-state index contributed by atoms with van der Waals surface area (Å²) in [6.45, 7) is 0.420. The number of benzene rings is 2. The van der Waals surface area contributed by atoms with Gasteiger partial charge < -0.3 is 14.8 Å². The number of ether oxygens (including phenoxy) is 2. The first-order valence-corrected chi connectivity index (χ1v) is 8.56. The van der Waals surface area contributed by atoms with E-state index in [1.54, 1.807) is 55.6 Å². The molecule has 0 aliphatic heterocycles. The van der Waals surface area contributed by atoms with Crippen LogP contribution in [0.4, 0.5) is 14.5 Å². The van der Waals surface area contributed by atoms with Crippen LogP contribution in [0, 0.1) is 0 Å². The highest BCUT2D eigenvalue weighted by Gasteiger charge is 2.06. The number of hydrogen-bond donors (Lipinski definition) is 1. The van der Waals surface area contributed by atoms with E-state index in [9.17, 15) is 13.6 Å². The number of amides is 1. The van der Waals surface area contributed by atoms with Crippen LogP contribution in [0.5, 0.6) is 11.5 Å². The number of carbonyl (C=O) groups excluding carboxylic acids is 1. The van der Waals surface area contributed by atoms with Crippen LogP contribution in [0.3, 0.4) is 0 Å². The van der Waals surface area contributed by atoms with Crippen LogP contribution in [-0.4, -0.2) is 25.4 Å². The molecule has 0 spiro atoms. The van der Waals surface area contributed by atoms with Gasteiger partial charge in [0, 0.05) is 17.0 Å². The fourth-order valence-corrected chi connectivity index (χ4v) is 2.54. The number of anilines is 1. The van der Waals surface area contributed by atoms with E-state index in [4.69, 9.17) is 9.47 Å². The molecule has 0 bridgehead atoms. The van der Waals surface area contributed by atoms with Gasteiger partial charge in [0.2, 0.25) is 5.91 Å². The van der Waals surface area contributed by atoms with Crippen molar-refractivity contribution < 1.29 is 23.0 Å².